The van der Waals surface area contributed by atoms with Crippen molar-refractivity contribution in [2.45, 2.75) is 33.6 Å². The van der Waals surface area contributed by atoms with E-state index in [0.29, 0.717) is 13.0 Å². The van der Waals surface area contributed by atoms with Crippen molar-refractivity contribution in [1.29, 1.82) is 0 Å². The summed E-state index contributed by atoms with van der Waals surface area (Å²) in [5.74, 6) is -1.36. The van der Waals surface area contributed by atoms with E-state index in [1.54, 1.807) is 18.3 Å². The Morgan fingerprint density at radius 2 is 1.96 bits per heavy atom. The van der Waals surface area contributed by atoms with Crippen LogP contribution in [0.25, 0.3) is 0 Å². The molecule has 1 aromatic rings. The minimum absolute atomic E-state index is 0.239. The van der Waals surface area contributed by atoms with Gasteiger partial charge in [0.2, 0.25) is 0 Å². The van der Waals surface area contributed by atoms with Crippen molar-refractivity contribution in [2.24, 2.45) is 16.2 Å². The smallest absolute Gasteiger partial charge is 0.410 e. The number of ether oxygens (including phenoxy) is 2. The quantitative estimate of drug-likeness (QED) is 0.469. The Morgan fingerprint density at radius 3 is 2.62 bits per heavy atom. The first-order valence-electron chi connectivity index (χ1n) is 8.01. The molecule has 128 valence electrons. The van der Waals surface area contributed by atoms with Crippen molar-refractivity contribution in [3.05, 3.63) is 30.1 Å². The van der Waals surface area contributed by atoms with E-state index in [1.807, 2.05) is 13.8 Å². The summed E-state index contributed by atoms with van der Waals surface area (Å²) >= 11 is 0. The average molecular weight is 332 g/mol. The van der Waals surface area contributed by atoms with Gasteiger partial charge in [0.15, 0.2) is 17.8 Å². The van der Waals surface area contributed by atoms with Crippen LogP contribution in [0.1, 0.15) is 48.8 Å². The molecule has 0 amide bonds. The Balaban J connectivity index is 2.09. The van der Waals surface area contributed by atoms with Crippen LogP contribution in [-0.4, -0.2) is 31.6 Å². The SMILES string of the molecule is COC(=O)c1ccc[n+](C(=O)[C@@]23CC[C@@](C)(COC2=O)C3(C)C)c1. The highest BCUT2D eigenvalue weighted by atomic mass is 16.5. The van der Waals surface area contributed by atoms with E-state index >= 15 is 0 Å². The molecule has 1 aliphatic heterocycles. The summed E-state index contributed by atoms with van der Waals surface area (Å²) in [6.07, 6.45) is 4.16. The first-order chi connectivity index (χ1) is 11.2. The Morgan fingerprint density at radius 1 is 1.25 bits per heavy atom. The van der Waals surface area contributed by atoms with E-state index < -0.39 is 22.8 Å². The average Bonchev–Trinajstić information content (AvgIpc) is 2.69. The predicted molar refractivity (Wildman–Crippen MR) is 83.1 cm³/mol. The van der Waals surface area contributed by atoms with Gasteiger partial charge in [-0.1, -0.05) is 20.8 Å². The van der Waals surface area contributed by atoms with Crippen LogP contribution in [0.2, 0.25) is 0 Å². The molecule has 2 heterocycles. The molecule has 0 radical (unpaired) electrons. The molecule has 0 N–H and O–H groups in total. The van der Waals surface area contributed by atoms with Crippen LogP contribution in [0.15, 0.2) is 24.5 Å². The van der Waals surface area contributed by atoms with Crippen molar-refractivity contribution in [1.82, 2.24) is 0 Å². The summed E-state index contributed by atoms with van der Waals surface area (Å²) < 4.78 is 11.4. The zero-order chi connectivity index (χ0) is 17.8. The third kappa shape index (κ3) is 1.88. The summed E-state index contributed by atoms with van der Waals surface area (Å²) in [6, 6.07) is 3.16. The summed E-state index contributed by atoms with van der Waals surface area (Å²) in [5, 5.41) is 0. The van der Waals surface area contributed by atoms with E-state index in [-0.39, 0.29) is 16.9 Å². The summed E-state index contributed by atoms with van der Waals surface area (Å²) in [5.41, 5.74) is -1.76. The predicted octanol–water partition coefficient (Wildman–Crippen LogP) is 1.77. The van der Waals surface area contributed by atoms with Gasteiger partial charge in [0.05, 0.1) is 13.7 Å². The van der Waals surface area contributed by atoms with Gasteiger partial charge in [-0.25, -0.2) is 9.59 Å². The summed E-state index contributed by atoms with van der Waals surface area (Å²) in [7, 11) is 1.28. The van der Waals surface area contributed by atoms with Crippen LogP contribution in [-0.2, 0) is 14.3 Å². The molecule has 2 fully saturated rings. The van der Waals surface area contributed by atoms with Crippen LogP contribution >= 0.6 is 0 Å². The molecule has 0 unspecified atom stereocenters. The maximum Gasteiger partial charge on any atom is 0.410 e. The molecule has 1 saturated carbocycles. The molecule has 1 aliphatic carbocycles. The molecule has 3 rings (SSSR count). The van der Waals surface area contributed by atoms with Crippen molar-refractivity contribution < 1.29 is 28.4 Å². The third-order valence-corrected chi connectivity index (χ3v) is 6.32. The number of aromatic nitrogens is 1. The number of nitrogens with zero attached hydrogens (tertiary/aromatic N) is 1. The Hall–Kier alpha value is -2.24. The standard InChI is InChI=1S/C18H22NO5/c1-16(2)17(3)7-8-18(16,15(22)24-11-17)14(21)19-9-5-6-12(10-19)13(20)23-4/h5-6,9-10H,7-8,11H2,1-4H3/q+1/t17-,18-/m0/s1. The molecule has 2 bridgehead atoms. The number of esters is 2. The lowest BCUT2D eigenvalue weighted by Crippen LogP contribution is -2.64. The number of methoxy groups -OCH3 is 1. The lowest BCUT2D eigenvalue weighted by atomic mass is 9.57. The number of carbonyl (C=O) groups is 3. The van der Waals surface area contributed by atoms with Gasteiger partial charge in [0.25, 0.3) is 0 Å². The van der Waals surface area contributed by atoms with Gasteiger partial charge in [-0.15, -0.1) is 4.57 Å². The minimum Gasteiger partial charge on any atom is -0.465 e. The fourth-order valence-corrected chi connectivity index (χ4v) is 4.08. The topological polar surface area (TPSA) is 73.6 Å². The Kier molecular flexibility index (Phi) is 3.55. The van der Waals surface area contributed by atoms with Crippen molar-refractivity contribution in [2.75, 3.05) is 13.7 Å². The van der Waals surface area contributed by atoms with E-state index in [2.05, 4.69) is 6.92 Å². The second-order valence-corrected chi connectivity index (χ2v) is 7.46. The Labute approximate surface area is 140 Å². The number of rotatable bonds is 2. The molecule has 1 saturated heterocycles. The highest BCUT2D eigenvalue weighted by Gasteiger charge is 2.74. The van der Waals surface area contributed by atoms with Crippen molar-refractivity contribution in [3.63, 3.8) is 0 Å². The van der Waals surface area contributed by atoms with Gasteiger partial charge in [0.1, 0.15) is 5.56 Å². The van der Waals surface area contributed by atoms with E-state index in [0.717, 1.165) is 6.42 Å². The van der Waals surface area contributed by atoms with Gasteiger partial charge >= 0.3 is 17.8 Å². The molecule has 2 aliphatic rings. The highest BCUT2D eigenvalue weighted by molar-refractivity contribution is 6.01. The summed E-state index contributed by atoms with van der Waals surface area (Å²) in [4.78, 5) is 37.7. The second-order valence-electron chi connectivity index (χ2n) is 7.46. The van der Waals surface area contributed by atoms with Gasteiger partial charge in [-0.05, 0) is 18.9 Å². The zero-order valence-electron chi connectivity index (χ0n) is 14.4. The molecule has 6 heteroatoms. The molecular weight excluding hydrogens is 310 g/mol. The second kappa shape index (κ2) is 5.13. The van der Waals surface area contributed by atoms with Gasteiger partial charge in [0, 0.05) is 16.9 Å². The fourth-order valence-electron chi connectivity index (χ4n) is 4.08. The van der Waals surface area contributed by atoms with Crippen LogP contribution in [0.4, 0.5) is 0 Å². The molecule has 24 heavy (non-hydrogen) atoms. The fraction of sp³-hybridized carbons (Fsp3) is 0.556. The van der Waals surface area contributed by atoms with Crippen LogP contribution in [0, 0.1) is 16.2 Å². The first kappa shape index (κ1) is 16.6. The van der Waals surface area contributed by atoms with Gasteiger partial charge in [-0.2, -0.15) is 0 Å². The Bertz CT molecular complexity index is 741. The molecular formula is C18H22NO5+. The lowest BCUT2D eigenvalue weighted by Gasteiger charge is -2.48. The maximum absolute atomic E-state index is 13.3. The van der Waals surface area contributed by atoms with Gasteiger partial charge < -0.3 is 9.47 Å². The first-order valence-corrected chi connectivity index (χ1v) is 8.01. The molecule has 1 aromatic heterocycles. The monoisotopic (exact) mass is 332 g/mol. The largest absolute Gasteiger partial charge is 0.465 e. The minimum atomic E-state index is -1.24. The van der Waals surface area contributed by atoms with Crippen LogP contribution < -0.4 is 4.57 Å². The number of hydrogen-bond donors (Lipinski definition) is 0. The third-order valence-electron chi connectivity index (χ3n) is 6.32. The molecule has 0 aromatic carbocycles. The number of pyridine rings is 1. The molecule has 0 spiro atoms. The lowest BCUT2D eigenvalue weighted by molar-refractivity contribution is -0.581. The van der Waals surface area contributed by atoms with Crippen LogP contribution in [0.5, 0.6) is 0 Å². The number of fused-ring (bicyclic) bond motifs is 2. The van der Waals surface area contributed by atoms with Crippen molar-refractivity contribution in [3.8, 4) is 0 Å². The number of cyclic esters (lactones) is 1. The normalized spacial score (nSPS) is 30.6. The van der Waals surface area contributed by atoms with E-state index in [9.17, 15) is 14.4 Å². The number of hydrogen-bond acceptors (Lipinski definition) is 5. The number of carbonyl (C=O) groups excluding carboxylic acids is 3. The van der Waals surface area contributed by atoms with Gasteiger partial charge in [-0.3, -0.25) is 4.79 Å². The molecule has 2 atom stereocenters. The molecule has 6 nitrogen and oxygen atoms in total. The maximum atomic E-state index is 13.3. The summed E-state index contributed by atoms with van der Waals surface area (Å²) in [6.45, 7) is 6.32. The van der Waals surface area contributed by atoms with Crippen LogP contribution in [0.3, 0.4) is 0 Å². The van der Waals surface area contributed by atoms with E-state index in [4.69, 9.17) is 9.47 Å². The highest BCUT2D eigenvalue weighted by Crippen LogP contribution is 2.65. The van der Waals surface area contributed by atoms with E-state index in [1.165, 1.54) is 17.9 Å². The zero-order valence-corrected chi connectivity index (χ0v) is 14.4. The van der Waals surface area contributed by atoms with Crippen molar-refractivity contribution >= 4 is 17.8 Å².